The van der Waals surface area contributed by atoms with Crippen LogP contribution in [-0.2, 0) is 4.74 Å². The van der Waals surface area contributed by atoms with Gasteiger partial charge in [0.1, 0.15) is 6.10 Å². The highest BCUT2D eigenvalue weighted by Crippen LogP contribution is 2.19. The minimum Gasteiger partial charge on any atom is -0.458 e. The van der Waals surface area contributed by atoms with Crippen LogP contribution in [0.15, 0.2) is 30.3 Å². The molecular weight excluding hydrogens is 264 g/mol. The Morgan fingerprint density at radius 2 is 2.16 bits per heavy atom. The van der Waals surface area contributed by atoms with Crippen LogP contribution < -0.4 is 5.32 Å². The molecule has 1 aromatic carbocycles. The molecule has 1 saturated heterocycles. The van der Waals surface area contributed by atoms with E-state index in [1.54, 1.807) is 12.1 Å². The zero-order valence-electron chi connectivity index (χ0n) is 10.5. The fraction of sp³-hybridized carbons (Fsp3) is 0.429. The van der Waals surface area contributed by atoms with Gasteiger partial charge in [0.05, 0.1) is 11.6 Å². The van der Waals surface area contributed by atoms with Gasteiger partial charge in [0.2, 0.25) is 0 Å². The fourth-order valence-electron chi connectivity index (χ4n) is 2.15. The van der Waals surface area contributed by atoms with Gasteiger partial charge in [-0.15, -0.1) is 12.4 Å². The average Bonchev–Trinajstić information content (AvgIpc) is 2.42. The normalized spacial score (nSPS) is 21.8. The highest BCUT2D eigenvalue weighted by Gasteiger charge is 2.28. The zero-order valence-corrected chi connectivity index (χ0v) is 11.4. The predicted octanol–water partition coefficient (Wildman–Crippen LogP) is 2.16. The first-order valence-corrected chi connectivity index (χ1v) is 6.15. The number of hydrogen-bond donors (Lipinski definition) is 1. The number of ether oxygens (including phenoxy) is 1. The number of nitrogens with one attached hydrogen (secondary N) is 1. The van der Waals surface area contributed by atoms with Crippen molar-refractivity contribution in [2.75, 3.05) is 13.1 Å². The van der Waals surface area contributed by atoms with Crippen LogP contribution in [0.25, 0.3) is 0 Å². The molecule has 2 atom stereocenters. The van der Waals surface area contributed by atoms with Crippen molar-refractivity contribution in [3.63, 3.8) is 0 Å². The van der Waals surface area contributed by atoms with Gasteiger partial charge in [-0.3, -0.25) is 0 Å². The molecule has 4 nitrogen and oxygen atoms in total. The summed E-state index contributed by atoms with van der Waals surface area (Å²) in [5, 5.41) is 12.0. The van der Waals surface area contributed by atoms with Crippen molar-refractivity contribution in [1.29, 1.82) is 5.26 Å². The van der Waals surface area contributed by atoms with Crippen LogP contribution >= 0.6 is 12.4 Å². The van der Waals surface area contributed by atoms with E-state index in [1.807, 2.05) is 18.2 Å². The topological polar surface area (TPSA) is 62.1 Å². The Labute approximate surface area is 119 Å². The van der Waals surface area contributed by atoms with E-state index in [9.17, 15) is 4.79 Å². The van der Waals surface area contributed by atoms with E-state index in [0.29, 0.717) is 12.0 Å². The number of piperidine rings is 1. The molecule has 1 heterocycles. The summed E-state index contributed by atoms with van der Waals surface area (Å²) < 4.78 is 5.51. The Bertz CT molecular complexity index is 445. The number of nitriles is 1. The van der Waals surface area contributed by atoms with Gasteiger partial charge in [-0.05, 0) is 25.1 Å². The lowest BCUT2D eigenvalue weighted by Gasteiger charge is -2.30. The molecule has 102 valence electrons. The molecule has 1 aliphatic heterocycles. The zero-order chi connectivity index (χ0) is 12.8. The number of esters is 1. The Balaban J connectivity index is 0.00000180. The largest absolute Gasteiger partial charge is 0.458 e. The number of nitrogens with zero attached hydrogens (tertiary/aromatic N) is 1. The molecule has 5 heteroatoms. The predicted molar refractivity (Wildman–Crippen MR) is 74.1 cm³/mol. The molecule has 19 heavy (non-hydrogen) atoms. The molecule has 0 bridgehead atoms. The molecule has 1 N–H and O–H groups in total. The van der Waals surface area contributed by atoms with Gasteiger partial charge in [0, 0.05) is 18.9 Å². The summed E-state index contributed by atoms with van der Waals surface area (Å²) in [6.07, 6.45) is 1.03. The van der Waals surface area contributed by atoms with Crippen molar-refractivity contribution in [3.8, 4) is 6.07 Å². The van der Waals surface area contributed by atoms with Gasteiger partial charge >= 0.3 is 5.97 Å². The van der Waals surface area contributed by atoms with Crippen LogP contribution in [0.4, 0.5) is 0 Å². The lowest BCUT2D eigenvalue weighted by Crippen LogP contribution is -2.42. The quantitative estimate of drug-likeness (QED) is 0.862. The molecule has 0 unspecified atom stereocenters. The number of carbonyl (C=O) groups is 1. The maximum atomic E-state index is 11.9. The second-order valence-corrected chi connectivity index (χ2v) is 4.42. The number of benzene rings is 1. The van der Waals surface area contributed by atoms with E-state index in [0.717, 1.165) is 19.5 Å². The molecule has 0 aliphatic carbocycles. The van der Waals surface area contributed by atoms with Crippen molar-refractivity contribution < 1.29 is 9.53 Å². The summed E-state index contributed by atoms with van der Waals surface area (Å²) in [5.41, 5.74) is 0.562. The Morgan fingerprint density at radius 3 is 2.84 bits per heavy atom. The first-order valence-electron chi connectivity index (χ1n) is 6.15. The summed E-state index contributed by atoms with van der Waals surface area (Å²) in [6, 6.07) is 11.1. The van der Waals surface area contributed by atoms with Crippen LogP contribution in [0.5, 0.6) is 0 Å². The van der Waals surface area contributed by atoms with Crippen LogP contribution in [0.2, 0.25) is 0 Å². The maximum Gasteiger partial charge on any atom is 0.338 e. The molecule has 0 saturated carbocycles. The van der Waals surface area contributed by atoms with E-state index < -0.39 is 0 Å². The van der Waals surface area contributed by atoms with Gasteiger partial charge in [-0.25, -0.2) is 4.79 Å². The molecule has 1 aliphatic rings. The maximum absolute atomic E-state index is 11.9. The number of halogens is 1. The van der Waals surface area contributed by atoms with E-state index in [1.165, 1.54) is 0 Å². The Kier molecular flexibility index (Phi) is 6.34. The van der Waals surface area contributed by atoms with Crippen LogP contribution in [-0.4, -0.2) is 25.2 Å². The van der Waals surface area contributed by atoms with Gasteiger partial charge in [0.25, 0.3) is 0 Å². The number of rotatable bonds is 3. The number of carbonyl (C=O) groups excluding carboxylic acids is 1. The van der Waals surface area contributed by atoms with Crippen molar-refractivity contribution >= 4 is 18.4 Å². The van der Waals surface area contributed by atoms with Crippen LogP contribution in [0.3, 0.4) is 0 Å². The minimum atomic E-state index is -0.301. The molecule has 1 aromatic rings. The minimum absolute atomic E-state index is 0. The van der Waals surface area contributed by atoms with E-state index in [-0.39, 0.29) is 30.4 Å². The summed E-state index contributed by atoms with van der Waals surface area (Å²) >= 11 is 0. The lowest BCUT2D eigenvalue weighted by molar-refractivity contribution is 0.00572. The molecule has 0 spiro atoms. The molecule has 0 amide bonds. The first kappa shape index (κ1) is 15.5. The average molecular weight is 281 g/mol. The summed E-state index contributed by atoms with van der Waals surface area (Å²) in [5.74, 6) is -0.207. The van der Waals surface area contributed by atoms with E-state index >= 15 is 0 Å². The third kappa shape index (κ3) is 4.23. The molecule has 1 fully saturated rings. The van der Waals surface area contributed by atoms with Gasteiger partial charge in [0.15, 0.2) is 0 Å². The molecule has 0 radical (unpaired) electrons. The SMILES string of the molecule is Cl.N#CC[C@@H]1CNCC[C@H]1OC(=O)c1ccccc1. The van der Waals surface area contributed by atoms with Crippen LogP contribution in [0, 0.1) is 17.2 Å². The summed E-state index contributed by atoms with van der Waals surface area (Å²) in [6.45, 7) is 1.56. The van der Waals surface area contributed by atoms with E-state index in [2.05, 4.69) is 11.4 Å². The second-order valence-electron chi connectivity index (χ2n) is 4.42. The van der Waals surface area contributed by atoms with Crippen molar-refractivity contribution in [2.24, 2.45) is 5.92 Å². The number of hydrogen-bond acceptors (Lipinski definition) is 4. The van der Waals surface area contributed by atoms with E-state index in [4.69, 9.17) is 10.00 Å². The fourth-order valence-corrected chi connectivity index (χ4v) is 2.15. The van der Waals surface area contributed by atoms with Crippen LogP contribution in [0.1, 0.15) is 23.2 Å². The van der Waals surface area contributed by atoms with Crippen molar-refractivity contribution in [2.45, 2.75) is 18.9 Å². The first-order chi connectivity index (χ1) is 8.81. The Hall–Kier alpha value is -1.57. The van der Waals surface area contributed by atoms with Crippen molar-refractivity contribution in [1.82, 2.24) is 5.32 Å². The molecule has 2 rings (SSSR count). The third-order valence-corrected chi connectivity index (χ3v) is 3.16. The van der Waals surface area contributed by atoms with Gasteiger partial charge < -0.3 is 10.1 Å². The third-order valence-electron chi connectivity index (χ3n) is 3.16. The van der Waals surface area contributed by atoms with Gasteiger partial charge in [-0.1, -0.05) is 18.2 Å². The second kappa shape index (κ2) is 7.78. The summed E-state index contributed by atoms with van der Waals surface area (Å²) in [7, 11) is 0. The Morgan fingerprint density at radius 1 is 1.42 bits per heavy atom. The highest BCUT2D eigenvalue weighted by atomic mass is 35.5. The molecular formula is C14H17ClN2O2. The van der Waals surface area contributed by atoms with Gasteiger partial charge in [-0.2, -0.15) is 5.26 Å². The highest BCUT2D eigenvalue weighted by molar-refractivity contribution is 5.89. The molecule has 0 aromatic heterocycles. The lowest BCUT2D eigenvalue weighted by atomic mass is 9.93. The standard InChI is InChI=1S/C14H16N2O2.ClH/c15-8-6-12-10-16-9-7-13(12)18-14(17)11-4-2-1-3-5-11;/h1-5,12-13,16H,6-7,9-10H2;1H/t12-,13-;/m1./s1. The summed E-state index contributed by atoms with van der Waals surface area (Å²) in [4.78, 5) is 11.9. The van der Waals surface area contributed by atoms with Crippen molar-refractivity contribution in [3.05, 3.63) is 35.9 Å². The smallest absolute Gasteiger partial charge is 0.338 e. The monoisotopic (exact) mass is 280 g/mol.